The van der Waals surface area contributed by atoms with E-state index in [0.29, 0.717) is 31.0 Å². The zero-order valence-corrected chi connectivity index (χ0v) is 14.1. The highest BCUT2D eigenvalue weighted by Gasteiger charge is 2.27. The fraction of sp³-hybridized carbons (Fsp3) is 0.300. The van der Waals surface area contributed by atoms with Crippen LogP contribution in [0.4, 0.5) is 0 Å². The molecule has 1 aliphatic heterocycles. The lowest BCUT2D eigenvalue weighted by atomic mass is 9.97. The van der Waals surface area contributed by atoms with E-state index < -0.39 is 0 Å². The molecule has 2 amide bonds. The van der Waals surface area contributed by atoms with Crippen molar-refractivity contribution < 1.29 is 14.3 Å². The van der Waals surface area contributed by atoms with Gasteiger partial charge in [0.2, 0.25) is 5.91 Å². The number of primary amides is 1. The standard InChI is InChI=1S/C20H22N2O3/c21-19(23)17-7-4-12-22(13-17)20(24)16-8-10-18(11-9-16)25-14-15-5-2-1-3-6-15/h1-3,5-6,8-11,17H,4,7,12-14H2,(H2,21,23). The van der Waals surface area contributed by atoms with Crippen LogP contribution in [0.25, 0.3) is 0 Å². The van der Waals surface area contributed by atoms with Crippen LogP contribution in [0.1, 0.15) is 28.8 Å². The highest BCUT2D eigenvalue weighted by Crippen LogP contribution is 2.20. The molecule has 5 nitrogen and oxygen atoms in total. The first-order valence-corrected chi connectivity index (χ1v) is 8.49. The molecule has 130 valence electrons. The summed E-state index contributed by atoms with van der Waals surface area (Å²) in [5.74, 6) is 0.0722. The maximum absolute atomic E-state index is 12.6. The summed E-state index contributed by atoms with van der Waals surface area (Å²) in [6.45, 7) is 1.55. The normalized spacial score (nSPS) is 17.1. The van der Waals surface area contributed by atoms with E-state index in [1.54, 1.807) is 29.2 Å². The minimum atomic E-state index is -0.331. The molecule has 1 unspecified atom stereocenters. The Kier molecular flexibility index (Phi) is 5.33. The Hall–Kier alpha value is -2.82. The van der Waals surface area contributed by atoms with Gasteiger partial charge in [0.1, 0.15) is 12.4 Å². The molecule has 1 fully saturated rings. The Morgan fingerprint density at radius 1 is 1.08 bits per heavy atom. The lowest BCUT2D eigenvalue weighted by molar-refractivity contribution is -0.123. The first-order chi connectivity index (χ1) is 12.1. The van der Waals surface area contributed by atoms with Crippen LogP contribution in [0, 0.1) is 5.92 Å². The van der Waals surface area contributed by atoms with Gasteiger partial charge in [0.15, 0.2) is 0 Å². The van der Waals surface area contributed by atoms with Crippen molar-refractivity contribution in [1.29, 1.82) is 0 Å². The van der Waals surface area contributed by atoms with Crippen molar-refractivity contribution in [2.75, 3.05) is 13.1 Å². The van der Waals surface area contributed by atoms with Crippen LogP contribution >= 0.6 is 0 Å². The van der Waals surface area contributed by atoms with Crippen molar-refractivity contribution in [1.82, 2.24) is 4.90 Å². The Morgan fingerprint density at radius 3 is 2.48 bits per heavy atom. The Bertz CT molecular complexity index is 728. The Balaban J connectivity index is 1.59. The minimum absolute atomic E-state index is 0.0689. The molecule has 0 bridgehead atoms. The van der Waals surface area contributed by atoms with Gasteiger partial charge in [0, 0.05) is 18.7 Å². The third kappa shape index (κ3) is 4.38. The smallest absolute Gasteiger partial charge is 0.253 e. The van der Waals surface area contributed by atoms with Crippen molar-refractivity contribution in [2.45, 2.75) is 19.4 Å². The summed E-state index contributed by atoms with van der Waals surface area (Å²) in [4.78, 5) is 25.7. The van der Waals surface area contributed by atoms with Crippen LogP contribution in [0.15, 0.2) is 54.6 Å². The van der Waals surface area contributed by atoms with Gasteiger partial charge in [-0.15, -0.1) is 0 Å². The van der Waals surface area contributed by atoms with Crippen molar-refractivity contribution in [2.24, 2.45) is 11.7 Å². The monoisotopic (exact) mass is 338 g/mol. The number of amides is 2. The lowest BCUT2D eigenvalue weighted by Gasteiger charge is -2.31. The molecule has 1 aliphatic rings. The molecule has 2 N–H and O–H groups in total. The average molecular weight is 338 g/mol. The molecule has 1 atom stereocenters. The second-order valence-corrected chi connectivity index (χ2v) is 6.29. The number of nitrogens with zero attached hydrogens (tertiary/aromatic N) is 1. The van der Waals surface area contributed by atoms with Crippen LogP contribution in [0.5, 0.6) is 5.75 Å². The molecular weight excluding hydrogens is 316 g/mol. The van der Waals surface area contributed by atoms with Crippen molar-refractivity contribution >= 4 is 11.8 Å². The van der Waals surface area contributed by atoms with E-state index in [2.05, 4.69) is 0 Å². The average Bonchev–Trinajstić information content (AvgIpc) is 2.67. The summed E-state index contributed by atoms with van der Waals surface area (Å²) in [5, 5.41) is 0. The Labute approximate surface area is 147 Å². The quantitative estimate of drug-likeness (QED) is 0.911. The van der Waals surface area contributed by atoms with E-state index in [1.165, 1.54) is 0 Å². The Morgan fingerprint density at radius 2 is 1.80 bits per heavy atom. The predicted molar refractivity (Wildman–Crippen MR) is 95.0 cm³/mol. The maximum Gasteiger partial charge on any atom is 0.253 e. The van der Waals surface area contributed by atoms with E-state index in [-0.39, 0.29) is 17.7 Å². The van der Waals surface area contributed by atoms with Crippen LogP contribution in [-0.2, 0) is 11.4 Å². The fourth-order valence-electron chi connectivity index (χ4n) is 3.01. The number of piperidine rings is 1. The van der Waals surface area contributed by atoms with Gasteiger partial charge in [0.05, 0.1) is 5.92 Å². The summed E-state index contributed by atoms with van der Waals surface area (Å²) < 4.78 is 5.73. The highest BCUT2D eigenvalue weighted by molar-refractivity contribution is 5.94. The van der Waals surface area contributed by atoms with Gasteiger partial charge >= 0.3 is 0 Å². The molecule has 0 aromatic heterocycles. The molecule has 25 heavy (non-hydrogen) atoms. The molecule has 2 aromatic rings. The third-order valence-electron chi connectivity index (χ3n) is 4.46. The number of ether oxygens (including phenoxy) is 1. The summed E-state index contributed by atoms with van der Waals surface area (Å²) in [7, 11) is 0. The number of hydrogen-bond acceptors (Lipinski definition) is 3. The van der Waals surface area contributed by atoms with Crippen LogP contribution in [-0.4, -0.2) is 29.8 Å². The van der Waals surface area contributed by atoms with E-state index in [4.69, 9.17) is 10.5 Å². The lowest BCUT2D eigenvalue weighted by Crippen LogP contribution is -2.44. The molecule has 0 aliphatic carbocycles. The van der Waals surface area contributed by atoms with Gasteiger partial charge in [-0.05, 0) is 42.7 Å². The van der Waals surface area contributed by atoms with E-state index in [1.807, 2.05) is 30.3 Å². The second kappa shape index (κ2) is 7.83. The van der Waals surface area contributed by atoms with Gasteiger partial charge in [-0.25, -0.2) is 0 Å². The SMILES string of the molecule is NC(=O)C1CCCN(C(=O)c2ccc(OCc3ccccc3)cc2)C1. The first kappa shape index (κ1) is 17.0. The summed E-state index contributed by atoms with van der Waals surface area (Å²) in [6, 6.07) is 17.0. The first-order valence-electron chi connectivity index (χ1n) is 8.49. The maximum atomic E-state index is 12.6. The van der Waals surface area contributed by atoms with E-state index in [0.717, 1.165) is 18.4 Å². The number of likely N-dealkylation sites (tertiary alicyclic amines) is 1. The topological polar surface area (TPSA) is 72.6 Å². The second-order valence-electron chi connectivity index (χ2n) is 6.29. The summed E-state index contributed by atoms with van der Waals surface area (Å²) >= 11 is 0. The zero-order valence-electron chi connectivity index (χ0n) is 14.1. The van der Waals surface area contributed by atoms with Gasteiger partial charge in [-0.1, -0.05) is 30.3 Å². The molecule has 2 aromatic carbocycles. The fourth-order valence-corrected chi connectivity index (χ4v) is 3.01. The van der Waals surface area contributed by atoms with Crippen LogP contribution in [0.2, 0.25) is 0 Å². The van der Waals surface area contributed by atoms with Crippen LogP contribution < -0.4 is 10.5 Å². The van der Waals surface area contributed by atoms with Crippen molar-refractivity contribution in [3.63, 3.8) is 0 Å². The number of carbonyl (C=O) groups is 2. The van der Waals surface area contributed by atoms with Crippen molar-refractivity contribution in [3.8, 4) is 5.75 Å². The zero-order chi connectivity index (χ0) is 17.6. The largest absolute Gasteiger partial charge is 0.489 e. The van der Waals surface area contributed by atoms with Crippen LogP contribution in [0.3, 0.4) is 0 Å². The van der Waals surface area contributed by atoms with Gasteiger partial charge in [0.25, 0.3) is 5.91 Å². The highest BCUT2D eigenvalue weighted by atomic mass is 16.5. The van der Waals surface area contributed by atoms with E-state index in [9.17, 15) is 9.59 Å². The molecule has 1 heterocycles. The molecule has 1 saturated heterocycles. The van der Waals surface area contributed by atoms with Gasteiger partial charge in [-0.3, -0.25) is 9.59 Å². The molecule has 0 spiro atoms. The number of hydrogen-bond donors (Lipinski definition) is 1. The third-order valence-corrected chi connectivity index (χ3v) is 4.46. The molecule has 5 heteroatoms. The molecule has 3 rings (SSSR count). The predicted octanol–water partition coefficient (Wildman–Crippen LogP) is 2.60. The molecule has 0 saturated carbocycles. The number of rotatable bonds is 5. The van der Waals surface area contributed by atoms with Gasteiger partial charge < -0.3 is 15.4 Å². The molecular formula is C20H22N2O3. The number of benzene rings is 2. The number of carbonyl (C=O) groups excluding carboxylic acids is 2. The van der Waals surface area contributed by atoms with E-state index >= 15 is 0 Å². The minimum Gasteiger partial charge on any atom is -0.489 e. The molecule has 0 radical (unpaired) electrons. The van der Waals surface area contributed by atoms with Crippen molar-refractivity contribution in [3.05, 3.63) is 65.7 Å². The summed E-state index contributed by atoms with van der Waals surface area (Å²) in [5.41, 5.74) is 7.06. The summed E-state index contributed by atoms with van der Waals surface area (Å²) in [6.07, 6.45) is 1.56. The van der Waals surface area contributed by atoms with Gasteiger partial charge in [-0.2, -0.15) is 0 Å². The number of nitrogens with two attached hydrogens (primary N) is 1.